The van der Waals surface area contributed by atoms with Crippen molar-refractivity contribution in [3.05, 3.63) is 29.1 Å². The zero-order valence-corrected chi connectivity index (χ0v) is 7.25. The predicted octanol–water partition coefficient (Wildman–Crippen LogP) is 1.76. The van der Waals surface area contributed by atoms with Gasteiger partial charge in [0, 0.05) is 5.69 Å². The Morgan fingerprint density at radius 1 is 1.50 bits per heavy atom. The highest BCUT2D eigenvalue weighted by molar-refractivity contribution is 5.26. The Bertz CT molecular complexity index is 296. The topological polar surface area (TPSA) is 33.1 Å². The molecule has 0 spiro atoms. The van der Waals surface area contributed by atoms with Crippen LogP contribution in [0, 0.1) is 6.92 Å². The van der Waals surface area contributed by atoms with Crippen LogP contribution in [-0.2, 0) is 6.42 Å². The Morgan fingerprint density at radius 3 is 3.17 bits per heavy atom. The first-order valence-corrected chi connectivity index (χ1v) is 4.42. The van der Waals surface area contributed by atoms with Gasteiger partial charge >= 0.3 is 0 Å². The lowest BCUT2D eigenvalue weighted by Crippen LogP contribution is -2.11. The maximum Gasteiger partial charge on any atom is 0.0962 e. The zero-order valence-electron chi connectivity index (χ0n) is 7.25. The summed E-state index contributed by atoms with van der Waals surface area (Å²) in [7, 11) is 0. The number of aromatic nitrogens is 1. The van der Waals surface area contributed by atoms with Crippen LogP contribution >= 0.6 is 0 Å². The van der Waals surface area contributed by atoms with Crippen LogP contribution in [0.2, 0.25) is 0 Å². The Morgan fingerprint density at radius 2 is 2.33 bits per heavy atom. The van der Waals surface area contributed by atoms with Crippen molar-refractivity contribution in [2.75, 3.05) is 0 Å². The van der Waals surface area contributed by atoms with Crippen molar-refractivity contribution in [2.45, 2.75) is 32.3 Å². The summed E-state index contributed by atoms with van der Waals surface area (Å²) in [5.41, 5.74) is 3.12. The molecule has 1 aliphatic carbocycles. The third kappa shape index (κ3) is 1.23. The van der Waals surface area contributed by atoms with Crippen LogP contribution < -0.4 is 0 Å². The number of aliphatic hydroxyl groups is 1. The van der Waals surface area contributed by atoms with Crippen molar-refractivity contribution in [1.29, 1.82) is 0 Å². The number of rotatable bonds is 0. The molecule has 0 saturated carbocycles. The number of hydrogen-bond acceptors (Lipinski definition) is 2. The van der Waals surface area contributed by atoms with E-state index in [0.29, 0.717) is 0 Å². The molecule has 64 valence electrons. The molecule has 0 radical (unpaired) electrons. The van der Waals surface area contributed by atoms with Gasteiger partial charge in [0.2, 0.25) is 0 Å². The number of fused-ring (bicyclic) bond motifs is 1. The van der Waals surface area contributed by atoms with Gasteiger partial charge in [-0.15, -0.1) is 0 Å². The quantitative estimate of drug-likeness (QED) is 0.632. The fourth-order valence-corrected chi connectivity index (χ4v) is 1.73. The lowest BCUT2D eigenvalue weighted by molar-refractivity contribution is 0.151. The molecule has 1 aromatic heterocycles. The first kappa shape index (κ1) is 7.74. The number of aliphatic hydroxyl groups excluding tert-OH is 1. The maximum absolute atomic E-state index is 9.62. The van der Waals surface area contributed by atoms with Crippen molar-refractivity contribution >= 4 is 0 Å². The minimum Gasteiger partial charge on any atom is -0.387 e. The smallest absolute Gasteiger partial charge is 0.0962 e. The van der Waals surface area contributed by atoms with Crippen LogP contribution in [0.15, 0.2) is 12.1 Å². The lowest BCUT2D eigenvalue weighted by atomic mass is 9.93. The highest BCUT2D eigenvalue weighted by atomic mass is 16.3. The summed E-state index contributed by atoms with van der Waals surface area (Å²) in [6.45, 7) is 1.96. The average Bonchev–Trinajstić information content (AvgIpc) is 2.07. The van der Waals surface area contributed by atoms with Gasteiger partial charge < -0.3 is 5.11 Å². The summed E-state index contributed by atoms with van der Waals surface area (Å²) in [5, 5.41) is 9.62. The second kappa shape index (κ2) is 2.87. The Kier molecular flexibility index (Phi) is 1.85. The van der Waals surface area contributed by atoms with Crippen molar-refractivity contribution < 1.29 is 5.11 Å². The van der Waals surface area contributed by atoms with Crippen LogP contribution in [0.25, 0.3) is 0 Å². The Labute approximate surface area is 72.3 Å². The van der Waals surface area contributed by atoms with Crippen LogP contribution in [0.4, 0.5) is 0 Å². The van der Waals surface area contributed by atoms with Crippen molar-refractivity contribution in [3.8, 4) is 0 Å². The molecule has 2 heteroatoms. The zero-order chi connectivity index (χ0) is 8.55. The van der Waals surface area contributed by atoms with Gasteiger partial charge in [-0.25, -0.2) is 0 Å². The van der Waals surface area contributed by atoms with Crippen LogP contribution in [0.1, 0.15) is 35.9 Å². The summed E-state index contributed by atoms with van der Waals surface area (Å²) in [4.78, 5) is 4.34. The molecule has 0 aliphatic heterocycles. The normalized spacial score (nSPS) is 22.0. The second-order valence-corrected chi connectivity index (χ2v) is 3.41. The molecular weight excluding hydrogens is 150 g/mol. The minimum atomic E-state index is -0.325. The molecule has 0 fully saturated rings. The molecule has 2 rings (SSSR count). The van der Waals surface area contributed by atoms with Gasteiger partial charge in [-0.3, -0.25) is 4.98 Å². The average molecular weight is 163 g/mol. The number of nitrogens with zero attached hydrogens (tertiary/aromatic N) is 1. The molecule has 1 unspecified atom stereocenters. The number of pyridine rings is 1. The molecule has 2 nitrogen and oxygen atoms in total. The van der Waals surface area contributed by atoms with E-state index in [1.807, 2.05) is 13.0 Å². The van der Waals surface area contributed by atoms with E-state index in [0.717, 1.165) is 30.7 Å². The number of hydrogen-bond donors (Lipinski definition) is 1. The second-order valence-electron chi connectivity index (χ2n) is 3.41. The summed E-state index contributed by atoms with van der Waals surface area (Å²) in [6.07, 6.45) is 2.69. The molecule has 1 N–H and O–H groups in total. The lowest BCUT2D eigenvalue weighted by Gasteiger charge is -2.20. The van der Waals surface area contributed by atoms with Gasteiger partial charge in [0.25, 0.3) is 0 Å². The molecule has 0 saturated heterocycles. The first-order valence-electron chi connectivity index (χ1n) is 4.42. The minimum absolute atomic E-state index is 0.325. The molecule has 1 aromatic rings. The van der Waals surface area contributed by atoms with E-state index in [1.165, 1.54) is 5.56 Å². The van der Waals surface area contributed by atoms with Crippen molar-refractivity contribution in [3.63, 3.8) is 0 Å². The van der Waals surface area contributed by atoms with Gasteiger partial charge in [-0.2, -0.15) is 0 Å². The van der Waals surface area contributed by atoms with Gasteiger partial charge in [0.15, 0.2) is 0 Å². The first-order chi connectivity index (χ1) is 5.77. The highest BCUT2D eigenvalue weighted by Gasteiger charge is 2.18. The number of aryl methyl sites for hydroxylation is 2. The molecule has 1 aliphatic rings. The predicted molar refractivity (Wildman–Crippen MR) is 46.9 cm³/mol. The van der Waals surface area contributed by atoms with Gasteiger partial charge in [-0.05, 0) is 37.8 Å². The maximum atomic E-state index is 9.62. The fourth-order valence-electron chi connectivity index (χ4n) is 1.73. The summed E-state index contributed by atoms with van der Waals surface area (Å²) in [6, 6.07) is 4.09. The van der Waals surface area contributed by atoms with Crippen LogP contribution in [-0.4, -0.2) is 10.1 Å². The van der Waals surface area contributed by atoms with Gasteiger partial charge in [-0.1, -0.05) is 6.07 Å². The van der Waals surface area contributed by atoms with Crippen molar-refractivity contribution in [2.24, 2.45) is 0 Å². The molecular formula is C10H13NO. The summed E-state index contributed by atoms with van der Waals surface area (Å²) in [5.74, 6) is 0. The Hall–Kier alpha value is -0.890. The van der Waals surface area contributed by atoms with E-state index < -0.39 is 0 Å². The molecule has 0 aromatic carbocycles. The van der Waals surface area contributed by atoms with E-state index in [-0.39, 0.29) is 6.10 Å². The molecule has 0 amide bonds. The van der Waals surface area contributed by atoms with E-state index in [4.69, 9.17) is 0 Å². The van der Waals surface area contributed by atoms with Gasteiger partial charge in [0.1, 0.15) is 0 Å². The highest BCUT2D eigenvalue weighted by Crippen LogP contribution is 2.27. The van der Waals surface area contributed by atoms with Crippen LogP contribution in [0.3, 0.4) is 0 Å². The molecule has 0 bridgehead atoms. The van der Waals surface area contributed by atoms with E-state index in [1.54, 1.807) is 0 Å². The third-order valence-corrected chi connectivity index (χ3v) is 2.39. The molecule has 1 atom stereocenters. The largest absolute Gasteiger partial charge is 0.387 e. The monoisotopic (exact) mass is 163 g/mol. The van der Waals surface area contributed by atoms with Gasteiger partial charge in [0.05, 0.1) is 11.8 Å². The van der Waals surface area contributed by atoms with Crippen molar-refractivity contribution in [1.82, 2.24) is 4.98 Å². The molecule has 12 heavy (non-hydrogen) atoms. The fraction of sp³-hybridized carbons (Fsp3) is 0.500. The van der Waals surface area contributed by atoms with E-state index in [2.05, 4.69) is 11.1 Å². The standard InChI is InChI=1S/C10H13NO/c1-7-5-6-8-3-2-4-9(12)10(8)11-7/h5-6,9,12H,2-4H2,1H3. The summed E-state index contributed by atoms with van der Waals surface area (Å²) >= 11 is 0. The van der Waals surface area contributed by atoms with E-state index in [9.17, 15) is 5.11 Å². The molecule has 1 heterocycles. The Balaban J connectivity index is 2.47. The SMILES string of the molecule is Cc1ccc2c(n1)C(O)CCC2. The van der Waals surface area contributed by atoms with Crippen LogP contribution in [0.5, 0.6) is 0 Å². The van der Waals surface area contributed by atoms with E-state index >= 15 is 0 Å². The third-order valence-electron chi connectivity index (χ3n) is 2.39. The summed E-state index contributed by atoms with van der Waals surface area (Å²) < 4.78 is 0.